The fourth-order valence-electron chi connectivity index (χ4n) is 3.81. The van der Waals surface area contributed by atoms with Crippen LogP contribution in [0, 0.1) is 12.8 Å². The molecule has 24 heavy (non-hydrogen) atoms. The number of aryl methyl sites for hydroxylation is 2. The fourth-order valence-corrected chi connectivity index (χ4v) is 3.81. The Morgan fingerprint density at radius 3 is 2.83 bits per heavy atom. The van der Waals surface area contributed by atoms with Gasteiger partial charge in [-0.25, -0.2) is 4.68 Å². The summed E-state index contributed by atoms with van der Waals surface area (Å²) in [6.07, 6.45) is 8.80. The lowest BCUT2D eigenvalue weighted by atomic mass is 10.1. The highest BCUT2D eigenvalue weighted by molar-refractivity contribution is 5.97. The van der Waals surface area contributed by atoms with E-state index in [0.29, 0.717) is 19.0 Å². The molecule has 3 rings (SSSR count). The van der Waals surface area contributed by atoms with Crippen molar-refractivity contribution in [3.63, 3.8) is 0 Å². The molecule has 1 aliphatic heterocycles. The molecule has 2 aliphatic rings. The van der Waals surface area contributed by atoms with Crippen molar-refractivity contribution in [2.45, 2.75) is 71.4 Å². The quantitative estimate of drug-likeness (QED) is 0.871. The Labute approximate surface area is 143 Å². The van der Waals surface area contributed by atoms with Crippen LogP contribution in [-0.4, -0.2) is 39.1 Å². The molecule has 6 nitrogen and oxygen atoms in total. The third-order valence-corrected chi connectivity index (χ3v) is 5.28. The SMILES string of the molecule is CCCCn1ncc(C)c1NC(=O)C1CC(=O)N(C2CCCC2)C1. The first-order valence-corrected chi connectivity index (χ1v) is 9.23. The maximum atomic E-state index is 12.7. The summed E-state index contributed by atoms with van der Waals surface area (Å²) in [4.78, 5) is 26.9. The summed E-state index contributed by atoms with van der Waals surface area (Å²) in [5.74, 6) is 0.621. The van der Waals surface area contributed by atoms with Gasteiger partial charge in [-0.2, -0.15) is 5.10 Å². The molecule has 2 heterocycles. The summed E-state index contributed by atoms with van der Waals surface area (Å²) in [6.45, 7) is 5.46. The molecule has 2 fully saturated rings. The van der Waals surface area contributed by atoms with Crippen molar-refractivity contribution in [3.8, 4) is 0 Å². The number of hydrogen-bond acceptors (Lipinski definition) is 3. The minimum atomic E-state index is -0.243. The van der Waals surface area contributed by atoms with Crippen LogP contribution in [0.3, 0.4) is 0 Å². The first-order valence-electron chi connectivity index (χ1n) is 9.23. The number of rotatable bonds is 6. The van der Waals surface area contributed by atoms with Gasteiger partial charge in [-0.1, -0.05) is 26.2 Å². The number of unbranched alkanes of at least 4 members (excludes halogenated alkanes) is 1. The number of likely N-dealkylation sites (tertiary alicyclic amines) is 1. The number of nitrogens with zero attached hydrogens (tertiary/aromatic N) is 3. The average Bonchev–Trinajstić information content (AvgIpc) is 3.27. The predicted molar refractivity (Wildman–Crippen MR) is 92.6 cm³/mol. The van der Waals surface area contributed by atoms with E-state index in [1.54, 1.807) is 6.20 Å². The summed E-state index contributed by atoms with van der Waals surface area (Å²) in [5, 5.41) is 7.37. The lowest BCUT2D eigenvalue weighted by molar-refractivity contribution is -0.129. The van der Waals surface area contributed by atoms with Crippen LogP contribution in [0.2, 0.25) is 0 Å². The van der Waals surface area contributed by atoms with Crippen molar-refractivity contribution in [3.05, 3.63) is 11.8 Å². The zero-order valence-corrected chi connectivity index (χ0v) is 14.8. The van der Waals surface area contributed by atoms with Crippen LogP contribution in [0.25, 0.3) is 0 Å². The van der Waals surface area contributed by atoms with E-state index in [2.05, 4.69) is 17.3 Å². The van der Waals surface area contributed by atoms with Gasteiger partial charge in [0.15, 0.2) is 0 Å². The van der Waals surface area contributed by atoms with E-state index < -0.39 is 0 Å². The van der Waals surface area contributed by atoms with Gasteiger partial charge < -0.3 is 10.2 Å². The first-order chi connectivity index (χ1) is 11.6. The molecule has 1 aliphatic carbocycles. The molecule has 1 saturated carbocycles. The van der Waals surface area contributed by atoms with Crippen LogP contribution < -0.4 is 5.32 Å². The number of anilines is 1. The zero-order valence-electron chi connectivity index (χ0n) is 14.8. The molecule has 1 saturated heterocycles. The minimum Gasteiger partial charge on any atom is -0.339 e. The Hall–Kier alpha value is -1.85. The molecule has 132 valence electrons. The molecule has 0 aromatic carbocycles. The standard InChI is InChI=1S/C18H28N4O2/c1-3-4-9-22-17(13(2)11-19-22)20-18(24)14-10-16(23)21(12-14)15-7-5-6-8-15/h11,14-15H,3-10,12H2,1-2H3,(H,20,24). The minimum absolute atomic E-state index is 0.0507. The highest BCUT2D eigenvalue weighted by atomic mass is 16.2. The van der Waals surface area contributed by atoms with Crippen molar-refractivity contribution in [2.75, 3.05) is 11.9 Å². The average molecular weight is 332 g/mol. The van der Waals surface area contributed by atoms with Gasteiger partial charge in [0.1, 0.15) is 5.82 Å². The van der Waals surface area contributed by atoms with E-state index >= 15 is 0 Å². The second-order valence-electron chi connectivity index (χ2n) is 7.13. The van der Waals surface area contributed by atoms with E-state index in [9.17, 15) is 9.59 Å². The second-order valence-corrected chi connectivity index (χ2v) is 7.13. The monoisotopic (exact) mass is 332 g/mol. The highest BCUT2D eigenvalue weighted by Gasteiger charge is 2.38. The molecule has 1 aromatic rings. The molecular weight excluding hydrogens is 304 g/mol. The van der Waals surface area contributed by atoms with E-state index in [-0.39, 0.29) is 17.7 Å². The summed E-state index contributed by atoms with van der Waals surface area (Å²) < 4.78 is 1.86. The second kappa shape index (κ2) is 7.36. The predicted octanol–water partition coefficient (Wildman–Crippen LogP) is 2.72. The summed E-state index contributed by atoms with van der Waals surface area (Å²) in [6, 6.07) is 0.354. The Kier molecular flexibility index (Phi) is 5.21. The Bertz CT molecular complexity index is 604. The maximum Gasteiger partial charge on any atom is 0.230 e. The maximum absolute atomic E-state index is 12.7. The Morgan fingerprint density at radius 1 is 1.38 bits per heavy atom. The molecule has 1 atom stereocenters. The van der Waals surface area contributed by atoms with Gasteiger partial charge in [0, 0.05) is 31.1 Å². The normalized spacial score (nSPS) is 21.7. The topological polar surface area (TPSA) is 67.2 Å². The fraction of sp³-hybridized carbons (Fsp3) is 0.722. The van der Waals surface area contributed by atoms with Gasteiger partial charge in [-0.15, -0.1) is 0 Å². The van der Waals surface area contributed by atoms with Gasteiger partial charge in [-0.3, -0.25) is 9.59 Å². The van der Waals surface area contributed by atoms with Crippen molar-refractivity contribution in [1.29, 1.82) is 0 Å². The highest BCUT2D eigenvalue weighted by Crippen LogP contribution is 2.30. The van der Waals surface area contributed by atoms with Crippen LogP contribution in [0.5, 0.6) is 0 Å². The number of carbonyl (C=O) groups excluding carboxylic acids is 2. The summed E-state index contributed by atoms with van der Waals surface area (Å²) in [5.41, 5.74) is 0.969. The lowest BCUT2D eigenvalue weighted by Crippen LogP contribution is -2.35. The van der Waals surface area contributed by atoms with Crippen LogP contribution >= 0.6 is 0 Å². The van der Waals surface area contributed by atoms with E-state index in [4.69, 9.17) is 0 Å². The van der Waals surface area contributed by atoms with Gasteiger partial charge >= 0.3 is 0 Å². The summed E-state index contributed by atoms with van der Waals surface area (Å²) in [7, 11) is 0. The Balaban J connectivity index is 1.63. The van der Waals surface area contributed by atoms with E-state index in [1.165, 1.54) is 12.8 Å². The van der Waals surface area contributed by atoms with Crippen LogP contribution in [-0.2, 0) is 16.1 Å². The van der Waals surface area contributed by atoms with Gasteiger partial charge in [0.05, 0.1) is 12.1 Å². The first kappa shape index (κ1) is 17.0. The van der Waals surface area contributed by atoms with Crippen molar-refractivity contribution >= 4 is 17.6 Å². The molecule has 0 radical (unpaired) electrons. The van der Waals surface area contributed by atoms with Crippen molar-refractivity contribution in [1.82, 2.24) is 14.7 Å². The van der Waals surface area contributed by atoms with Crippen LogP contribution in [0.15, 0.2) is 6.20 Å². The molecule has 0 spiro atoms. The van der Waals surface area contributed by atoms with Crippen molar-refractivity contribution < 1.29 is 9.59 Å². The number of aromatic nitrogens is 2. The largest absolute Gasteiger partial charge is 0.339 e. The zero-order chi connectivity index (χ0) is 17.1. The molecule has 0 bridgehead atoms. The number of nitrogens with one attached hydrogen (secondary N) is 1. The van der Waals surface area contributed by atoms with E-state index in [0.717, 1.165) is 43.6 Å². The van der Waals surface area contributed by atoms with Crippen LogP contribution in [0.1, 0.15) is 57.4 Å². The number of amides is 2. The molecule has 1 N–H and O–H groups in total. The molecule has 2 amide bonds. The van der Waals surface area contributed by atoms with Crippen LogP contribution in [0.4, 0.5) is 5.82 Å². The number of carbonyl (C=O) groups is 2. The molecule has 1 unspecified atom stereocenters. The Morgan fingerprint density at radius 2 is 2.12 bits per heavy atom. The smallest absolute Gasteiger partial charge is 0.230 e. The van der Waals surface area contributed by atoms with Gasteiger partial charge in [0.25, 0.3) is 0 Å². The molecule has 6 heteroatoms. The lowest BCUT2D eigenvalue weighted by Gasteiger charge is -2.23. The van der Waals surface area contributed by atoms with Gasteiger partial charge in [-0.05, 0) is 26.2 Å². The number of hydrogen-bond donors (Lipinski definition) is 1. The molecular formula is C18H28N4O2. The summed E-state index contributed by atoms with van der Waals surface area (Å²) >= 11 is 0. The third-order valence-electron chi connectivity index (χ3n) is 5.28. The third kappa shape index (κ3) is 3.47. The van der Waals surface area contributed by atoms with Gasteiger partial charge in [0.2, 0.25) is 11.8 Å². The van der Waals surface area contributed by atoms with Crippen molar-refractivity contribution in [2.24, 2.45) is 5.92 Å². The van der Waals surface area contributed by atoms with E-state index in [1.807, 2.05) is 16.5 Å². The molecule has 1 aromatic heterocycles.